The summed E-state index contributed by atoms with van der Waals surface area (Å²) in [5.41, 5.74) is 5.44. The molecule has 0 spiro atoms. The number of hydrogen-bond acceptors (Lipinski definition) is 5. The van der Waals surface area contributed by atoms with Gasteiger partial charge in [0.1, 0.15) is 6.61 Å². The average molecular weight is 538 g/mol. The van der Waals surface area contributed by atoms with Crippen LogP contribution in [0.1, 0.15) is 70.4 Å². The molecule has 0 unspecified atom stereocenters. The zero-order valence-corrected chi connectivity index (χ0v) is 24.3. The van der Waals surface area contributed by atoms with Crippen molar-refractivity contribution in [1.29, 1.82) is 0 Å². The van der Waals surface area contributed by atoms with Crippen molar-refractivity contribution in [2.75, 3.05) is 20.3 Å². The molecule has 1 heterocycles. The van der Waals surface area contributed by atoms with Gasteiger partial charge in [-0.05, 0) is 53.4 Å². The average Bonchev–Trinajstić information content (AvgIpc) is 2.89. The van der Waals surface area contributed by atoms with Crippen molar-refractivity contribution in [3.05, 3.63) is 82.2 Å². The highest BCUT2D eigenvalue weighted by molar-refractivity contribution is 6.06. The second kappa shape index (κ2) is 10.7. The third-order valence-corrected chi connectivity index (χ3v) is 8.32. The van der Waals surface area contributed by atoms with Crippen LogP contribution in [0.2, 0.25) is 0 Å². The van der Waals surface area contributed by atoms with Crippen molar-refractivity contribution >= 4 is 11.6 Å². The Morgan fingerprint density at radius 2 is 1.48 bits per heavy atom. The smallest absolute Gasteiger partial charge is 0.162 e. The van der Waals surface area contributed by atoms with Gasteiger partial charge in [0, 0.05) is 47.8 Å². The number of nitrogens with zero attached hydrogens (tertiary/aromatic N) is 1. The summed E-state index contributed by atoms with van der Waals surface area (Å²) in [5.74, 6) is 3.38. The van der Waals surface area contributed by atoms with Gasteiger partial charge in [0.2, 0.25) is 0 Å². The third kappa shape index (κ3) is 5.32. The Balaban J connectivity index is 1.69. The fourth-order valence-corrected chi connectivity index (χ4v) is 6.64. The Kier molecular flexibility index (Phi) is 7.40. The van der Waals surface area contributed by atoms with Gasteiger partial charge >= 0.3 is 0 Å². The Morgan fingerprint density at radius 3 is 2.02 bits per heavy atom. The number of hydrogen-bond donors (Lipinski definition) is 0. The molecule has 1 aliphatic heterocycles. The molecule has 2 aromatic carbocycles. The minimum atomic E-state index is -0.430. The maximum absolute atomic E-state index is 14.0. The molecule has 0 N–H and O–H groups in total. The normalized spacial score (nSPS) is 20.1. The van der Waals surface area contributed by atoms with Crippen LogP contribution in [0, 0.1) is 23.2 Å². The molecule has 5 heteroatoms. The number of terminal acetylenes is 1. The predicted octanol–water partition coefficient (Wildman–Crippen LogP) is 6.64. The van der Waals surface area contributed by atoms with E-state index in [1.54, 1.807) is 7.11 Å². The van der Waals surface area contributed by atoms with Crippen LogP contribution in [0.3, 0.4) is 0 Å². The quantitative estimate of drug-likeness (QED) is 0.371. The van der Waals surface area contributed by atoms with Crippen molar-refractivity contribution in [3.8, 4) is 23.8 Å². The first-order valence-corrected chi connectivity index (χ1v) is 14.1. The minimum Gasteiger partial charge on any atom is -0.493 e. The summed E-state index contributed by atoms with van der Waals surface area (Å²) in [6.45, 7) is 9.52. The molecule has 0 saturated heterocycles. The van der Waals surface area contributed by atoms with Gasteiger partial charge in [-0.15, -0.1) is 6.42 Å². The van der Waals surface area contributed by atoms with E-state index in [0.29, 0.717) is 24.3 Å². The van der Waals surface area contributed by atoms with Gasteiger partial charge in [0.25, 0.3) is 0 Å². The standard InChI is InChI=1S/C35H39NO4/c1-7-17-40-29-14-13-24(18-30(29)39-6)31-32-25(19-34(2,3)21-27(32)37)36(16-15-23-11-9-8-10-12-23)26-20-35(4,5)22-28(38)33(26)31/h1,8-14,18,31H,15-17,19-22H2,2-6H3. The van der Waals surface area contributed by atoms with E-state index in [1.807, 2.05) is 24.3 Å². The highest BCUT2D eigenvalue weighted by Crippen LogP contribution is 2.55. The first-order chi connectivity index (χ1) is 19.0. The van der Waals surface area contributed by atoms with Crippen molar-refractivity contribution in [1.82, 2.24) is 4.90 Å². The molecule has 3 aliphatic rings. The number of benzene rings is 2. The lowest BCUT2D eigenvalue weighted by Gasteiger charge is -2.49. The number of carbonyl (C=O) groups excluding carboxylic acids is 2. The third-order valence-electron chi connectivity index (χ3n) is 8.32. The van der Waals surface area contributed by atoms with E-state index in [-0.39, 0.29) is 29.0 Å². The summed E-state index contributed by atoms with van der Waals surface area (Å²) < 4.78 is 11.4. The number of allylic oxidation sites excluding steroid dienone is 4. The molecule has 0 fully saturated rings. The molecule has 5 rings (SSSR count). The van der Waals surface area contributed by atoms with Crippen LogP contribution in [-0.2, 0) is 16.0 Å². The molecule has 0 saturated carbocycles. The fraction of sp³-hybridized carbons (Fsp3) is 0.429. The van der Waals surface area contributed by atoms with E-state index < -0.39 is 5.92 Å². The van der Waals surface area contributed by atoms with Crippen LogP contribution in [0.25, 0.3) is 0 Å². The van der Waals surface area contributed by atoms with E-state index in [4.69, 9.17) is 15.9 Å². The SMILES string of the molecule is C#CCOc1ccc(C2C3=C(CC(C)(C)CC3=O)N(CCc3ccccc3)C3=C2C(=O)CC(C)(C)C3)cc1OC. The van der Waals surface area contributed by atoms with E-state index >= 15 is 0 Å². The van der Waals surface area contributed by atoms with Gasteiger partial charge in [0.05, 0.1) is 7.11 Å². The molecule has 0 radical (unpaired) electrons. The molecule has 40 heavy (non-hydrogen) atoms. The maximum atomic E-state index is 14.0. The van der Waals surface area contributed by atoms with Crippen molar-refractivity contribution in [2.45, 2.75) is 65.7 Å². The summed E-state index contributed by atoms with van der Waals surface area (Å²) in [4.78, 5) is 30.4. The van der Waals surface area contributed by atoms with Gasteiger partial charge < -0.3 is 14.4 Å². The molecule has 0 amide bonds. The number of methoxy groups -OCH3 is 1. The largest absolute Gasteiger partial charge is 0.493 e. The number of ether oxygens (including phenoxy) is 2. The minimum absolute atomic E-state index is 0.122. The zero-order valence-electron chi connectivity index (χ0n) is 24.3. The lowest BCUT2D eigenvalue weighted by Crippen LogP contribution is -2.45. The van der Waals surface area contributed by atoms with Crippen molar-refractivity contribution in [2.24, 2.45) is 10.8 Å². The lowest BCUT2D eigenvalue weighted by molar-refractivity contribution is -0.119. The van der Waals surface area contributed by atoms with Crippen LogP contribution in [0.5, 0.6) is 11.5 Å². The lowest BCUT2D eigenvalue weighted by atomic mass is 9.63. The van der Waals surface area contributed by atoms with Crippen molar-refractivity contribution < 1.29 is 19.1 Å². The highest BCUT2D eigenvalue weighted by Gasteiger charge is 2.49. The zero-order chi connectivity index (χ0) is 28.7. The van der Waals surface area contributed by atoms with E-state index in [0.717, 1.165) is 53.9 Å². The molecule has 5 nitrogen and oxygen atoms in total. The van der Waals surface area contributed by atoms with E-state index in [9.17, 15) is 9.59 Å². The number of carbonyl (C=O) groups is 2. The van der Waals surface area contributed by atoms with Gasteiger partial charge in [-0.3, -0.25) is 9.59 Å². The number of Topliss-reactive ketones (excluding diaryl/α,β-unsaturated/α-hetero) is 2. The Bertz CT molecular complexity index is 1380. The predicted molar refractivity (Wildman–Crippen MR) is 157 cm³/mol. The topological polar surface area (TPSA) is 55.8 Å². The molecule has 0 atom stereocenters. The second-order valence-electron chi connectivity index (χ2n) is 12.8. The van der Waals surface area contributed by atoms with Gasteiger partial charge in [-0.25, -0.2) is 0 Å². The van der Waals surface area contributed by atoms with Gasteiger partial charge in [-0.1, -0.05) is 70.0 Å². The monoisotopic (exact) mass is 537 g/mol. The van der Waals surface area contributed by atoms with Crippen LogP contribution in [0.15, 0.2) is 71.1 Å². The second-order valence-corrected chi connectivity index (χ2v) is 12.8. The summed E-state index contributed by atoms with van der Waals surface area (Å²) in [6, 6.07) is 16.1. The van der Waals surface area contributed by atoms with E-state index in [1.165, 1.54) is 5.56 Å². The summed E-state index contributed by atoms with van der Waals surface area (Å²) in [6.07, 6.45) is 8.71. The molecule has 0 aromatic heterocycles. The van der Waals surface area contributed by atoms with Crippen molar-refractivity contribution in [3.63, 3.8) is 0 Å². The molecule has 208 valence electrons. The summed E-state index contributed by atoms with van der Waals surface area (Å²) >= 11 is 0. The van der Waals surface area contributed by atoms with E-state index in [2.05, 4.69) is 62.8 Å². The number of ketones is 2. The summed E-state index contributed by atoms with van der Waals surface area (Å²) in [5, 5.41) is 0. The first kappa shape index (κ1) is 27.8. The first-order valence-electron chi connectivity index (χ1n) is 14.1. The molecule has 0 bridgehead atoms. The Hall–Kier alpha value is -3.78. The van der Waals surface area contributed by atoms with Crippen LogP contribution in [-0.4, -0.2) is 36.7 Å². The molecule has 2 aliphatic carbocycles. The van der Waals surface area contributed by atoms with Crippen LogP contribution in [0.4, 0.5) is 0 Å². The number of rotatable bonds is 7. The fourth-order valence-electron chi connectivity index (χ4n) is 6.64. The molecular formula is C35H39NO4. The molecule has 2 aromatic rings. The Morgan fingerprint density at radius 1 is 0.875 bits per heavy atom. The Labute approximate surface area is 238 Å². The molecular weight excluding hydrogens is 498 g/mol. The maximum Gasteiger partial charge on any atom is 0.162 e. The summed E-state index contributed by atoms with van der Waals surface area (Å²) in [7, 11) is 1.59. The highest BCUT2D eigenvalue weighted by atomic mass is 16.5. The van der Waals surface area contributed by atoms with Crippen LogP contribution >= 0.6 is 0 Å². The van der Waals surface area contributed by atoms with Gasteiger partial charge in [-0.2, -0.15) is 0 Å². The van der Waals surface area contributed by atoms with Crippen LogP contribution < -0.4 is 9.47 Å². The van der Waals surface area contributed by atoms with Gasteiger partial charge in [0.15, 0.2) is 23.1 Å².